The van der Waals surface area contributed by atoms with Gasteiger partial charge in [0.05, 0.1) is 12.5 Å². The lowest BCUT2D eigenvalue weighted by Crippen LogP contribution is -2.55. The Balaban J connectivity index is 1.20. The SMILES string of the molecule is CCOC(=O)C1CCN(C(=O)CCC(=O)N[C@H](C)C23CC4CC(CC(C4)C2)C3)CC1. The van der Waals surface area contributed by atoms with Crippen LogP contribution in [-0.4, -0.2) is 48.4 Å². The van der Waals surface area contributed by atoms with E-state index in [4.69, 9.17) is 4.74 Å². The van der Waals surface area contributed by atoms with Crippen LogP contribution >= 0.6 is 0 Å². The summed E-state index contributed by atoms with van der Waals surface area (Å²) in [5.41, 5.74) is 0.295. The van der Waals surface area contributed by atoms with Crippen LogP contribution in [0.1, 0.15) is 78.1 Å². The highest BCUT2D eigenvalue weighted by atomic mass is 16.5. The van der Waals surface area contributed by atoms with Crippen LogP contribution in [0.4, 0.5) is 0 Å². The zero-order valence-electron chi connectivity index (χ0n) is 18.7. The Hall–Kier alpha value is -1.59. The summed E-state index contributed by atoms with van der Waals surface area (Å²) in [6.07, 6.45) is 9.85. The van der Waals surface area contributed by atoms with Gasteiger partial charge in [0.1, 0.15) is 0 Å². The maximum Gasteiger partial charge on any atom is 0.309 e. The van der Waals surface area contributed by atoms with E-state index in [0.717, 1.165) is 17.8 Å². The average molecular weight is 419 g/mol. The van der Waals surface area contributed by atoms with Gasteiger partial charge in [-0.15, -0.1) is 0 Å². The van der Waals surface area contributed by atoms with Crippen LogP contribution < -0.4 is 5.32 Å². The summed E-state index contributed by atoms with van der Waals surface area (Å²) in [7, 11) is 0. The van der Waals surface area contributed by atoms with E-state index in [2.05, 4.69) is 12.2 Å². The fraction of sp³-hybridized carbons (Fsp3) is 0.875. The van der Waals surface area contributed by atoms with E-state index in [1.807, 2.05) is 6.92 Å². The number of carbonyl (C=O) groups is 3. The fourth-order valence-electron chi connectivity index (χ4n) is 7.18. The zero-order valence-corrected chi connectivity index (χ0v) is 18.7. The molecule has 1 atom stereocenters. The topological polar surface area (TPSA) is 75.7 Å². The first-order chi connectivity index (χ1) is 14.4. The molecule has 4 bridgehead atoms. The first-order valence-electron chi connectivity index (χ1n) is 12.1. The lowest BCUT2D eigenvalue weighted by molar-refractivity contribution is -0.151. The van der Waals surface area contributed by atoms with E-state index in [-0.39, 0.29) is 42.6 Å². The van der Waals surface area contributed by atoms with Gasteiger partial charge in [-0.1, -0.05) is 0 Å². The molecule has 1 aliphatic heterocycles. The van der Waals surface area contributed by atoms with Crippen molar-refractivity contribution >= 4 is 17.8 Å². The summed E-state index contributed by atoms with van der Waals surface area (Å²) in [5.74, 6) is 2.39. The fourth-order valence-corrected chi connectivity index (χ4v) is 7.18. The molecule has 0 spiro atoms. The number of esters is 1. The Kier molecular flexibility index (Phi) is 6.40. The molecular formula is C24H38N2O4. The number of nitrogens with zero attached hydrogens (tertiary/aromatic N) is 1. The summed E-state index contributed by atoms with van der Waals surface area (Å²) in [4.78, 5) is 38.8. The van der Waals surface area contributed by atoms with E-state index < -0.39 is 0 Å². The van der Waals surface area contributed by atoms with Crippen LogP contribution in [0.5, 0.6) is 0 Å². The van der Waals surface area contributed by atoms with E-state index >= 15 is 0 Å². The molecular weight excluding hydrogens is 380 g/mol. The second-order valence-electron chi connectivity index (χ2n) is 10.5. The van der Waals surface area contributed by atoms with Gasteiger partial charge >= 0.3 is 5.97 Å². The third kappa shape index (κ3) is 4.52. The van der Waals surface area contributed by atoms with E-state index in [9.17, 15) is 14.4 Å². The first-order valence-corrected chi connectivity index (χ1v) is 12.1. The largest absolute Gasteiger partial charge is 0.466 e. The number of nitrogens with one attached hydrogen (secondary N) is 1. The van der Waals surface area contributed by atoms with Gasteiger partial charge in [0.15, 0.2) is 0 Å². The third-order valence-electron chi connectivity index (χ3n) is 8.42. The van der Waals surface area contributed by atoms with Crippen LogP contribution in [0.15, 0.2) is 0 Å². The Labute approximate surface area is 180 Å². The van der Waals surface area contributed by atoms with Crippen molar-refractivity contribution in [3.8, 4) is 0 Å². The minimum atomic E-state index is -0.150. The second-order valence-corrected chi connectivity index (χ2v) is 10.5. The lowest BCUT2D eigenvalue weighted by atomic mass is 9.48. The molecule has 30 heavy (non-hydrogen) atoms. The number of piperidine rings is 1. The van der Waals surface area contributed by atoms with Crippen LogP contribution in [0.3, 0.4) is 0 Å². The molecule has 0 aromatic rings. The number of rotatable bonds is 7. The van der Waals surface area contributed by atoms with Crippen molar-refractivity contribution in [1.29, 1.82) is 0 Å². The molecule has 0 radical (unpaired) electrons. The van der Waals surface area contributed by atoms with Gasteiger partial charge in [0.25, 0.3) is 0 Å². The normalized spacial score (nSPS) is 33.9. The molecule has 168 valence electrons. The molecule has 5 rings (SSSR count). The molecule has 0 aromatic heterocycles. The molecule has 1 heterocycles. The van der Waals surface area contributed by atoms with Crippen molar-refractivity contribution in [2.75, 3.05) is 19.7 Å². The van der Waals surface area contributed by atoms with E-state index in [1.54, 1.807) is 4.90 Å². The molecule has 4 saturated carbocycles. The monoisotopic (exact) mass is 418 g/mol. The zero-order chi connectivity index (χ0) is 21.3. The van der Waals surface area contributed by atoms with Crippen LogP contribution in [-0.2, 0) is 19.1 Å². The lowest BCUT2D eigenvalue weighted by Gasteiger charge is -2.59. The molecule has 5 fully saturated rings. The molecule has 6 nitrogen and oxygen atoms in total. The predicted molar refractivity (Wildman–Crippen MR) is 113 cm³/mol. The number of likely N-dealkylation sites (tertiary alicyclic amines) is 1. The Morgan fingerprint density at radius 3 is 2.10 bits per heavy atom. The molecule has 2 amide bonds. The molecule has 5 aliphatic rings. The number of ether oxygens (including phenoxy) is 1. The van der Waals surface area contributed by atoms with Crippen molar-refractivity contribution in [3.63, 3.8) is 0 Å². The minimum Gasteiger partial charge on any atom is -0.466 e. The van der Waals surface area contributed by atoms with E-state index in [0.29, 0.717) is 38.0 Å². The van der Waals surface area contributed by atoms with Crippen LogP contribution in [0.25, 0.3) is 0 Å². The van der Waals surface area contributed by atoms with Gasteiger partial charge in [0.2, 0.25) is 11.8 Å². The molecule has 0 aromatic carbocycles. The van der Waals surface area contributed by atoms with Crippen molar-refractivity contribution in [2.24, 2.45) is 29.1 Å². The highest BCUT2D eigenvalue weighted by molar-refractivity contribution is 5.84. The number of carbonyl (C=O) groups excluding carboxylic acids is 3. The third-order valence-corrected chi connectivity index (χ3v) is 8.42. The van der Waals surface area contributed by atoms with Gasteiger partial charge in [0, 0.05) is 32.0 Å². The predicted octanol–water partition coefficient (Wildman–Crippen LogP) is 3.29. The second kappa shape index (κ2) is 8.88. The van der Waals surface area contributed by atoms with Gasteiger partial charge in [-0.3, -0.25) is 14.4 Å². The van der Waals surface area contributed by atoms with Crippen molar-refractivity contribution < 1.29 is 19.1 Å². The summed E-state index contributed by atoms with van der Waals surface area (Å²) in [6, 6.07) is 0.203. The van der Waals surface area contributed by atoms with Crippen LogP contribution in [0.2, 0.25) is 0 Å². The highest BCUT2D eigenvalue weighted by Gasteiger charge is 2.53. The molecule has 1 N–H and O–H groups in total. The van der Waals surface area contributed by atoms with Gasteiger partial charge in [-0.2, -0.15) is 0 Å². The molecule has 4 aliphatic carbocycles. The summed E-state index contributed by atoms with van der Waals surface area (Å²) in [5, 5.41) is 3.26. The van der Waals surface area contributed by atoms with Crippen molar-refractivity contribution in [1.82, 2.24) is 10.2 Å². The number of hydrogen-bond donors (Lipinski definition) is 1. The van der Waals surface area contributed by atoms with E-state index in [1.165, 1.54) is 38.5 Å². The summed E-state index contributed by atoms with van der Waals surface area (Å²) >= 11 is 0. The molecule has 6 heteroatoms. The van der Waals surface area contributed by atoms with Crippen LogP contribution in [0, 0.1) is 29.1 Å². The average Bonchev–Trinajstić information content (AvgIpc) is 2.71. The summed E-state index contributed by atoms with van der Waals surface area (Å²) in [6.45, 7) is 5.55. The maximum absolute atomic E-state index is 12.6. The molecule has 1 saturated heterocycles. The van der Waals surface area contributed by atoms with Gasteiger partial charge in [-0.25, -0.2) is 0 Å². The Bertz CT molecular complexity index is 633. The summed E-state index contributed by atoms with van der Waals surface area (Å²) < 4.78 is 5.09. The van der Waals surface area contributed by atoms with Gasteiger partial charge < -0.3 is 15.0 Å². The Morgan fingerprint density at radius 2 is 1.57 bits per heavy atom. The van der Waals surface area contributed by atoms with Crippen molar-refractivity contribution in [3.05, 3.63) is 0 Å². The maximum atomic E-state index is 12.6. The standard InChI is InChI=1S/C24H38N2O4/c1-3-30-23(29)20-6-8-26(9-7-20)22(28)5-4-21(27)25-16(2)24-13-17-10-18(14-24)12-19(11-17)15-24/h16-20H,3-15H2,1-2H3,(H,25,27)/t16-,17?,18?,19?,24?/m1/s1. The van der Waals surface area contributed by atoms with Crippen molar-refractivity contribution in [2.45, 2.75) is 84.1 Å². The highest BCUT2D eigenvalue weighted by Crippen LogP contribution is 2.61. The number of amides is 2. The first kappa shape index (κ1) is 21.6. The number of hydrogen-bond acceptors (Lipinski definition) is 4. The molecule has 0 unspecified atom stereocenters. The minimum absolute atomic E-state index is 0.00741. The smallest absolute Gasteiger partial charge is 0.309 e. The Morgan fingerprint density at radius 1 is 1.00 bits per heavy atom. The van der Waals surface area contributed by atoms with Gasteiger partial charge in [-0.05, 0) is 88.4 Å². The quantitative estimate of drug-likeness (QED) is 0.644.